The molecule has 1 saturated carbocycles. The van der Waals surface area contributed by atoms with E-state index in [9.17, 15) is 4.79 Å². The second-order valence-corrected chi connectivity index (χ2v) is 5.90. The van der Waals surface area contributed by atoms with Crippen molar-refractivity contribution in [2.24, 2.45) is 11.8 Å². The molecule has 1 aliphatic carbocycles. The average Bonchev–Trinajstić information content (AvgIpc) is 3.05. The lowest BCUT2D eigenvalue weighted by molar-refractivity contribution is -0.150. The number of aliphatic hydroxyl groups is 1. The van der Waals surface area contributed by atoms with Crippen molar-refractivity contribution in [2.75, 3.05) is 20.3 Å². The summed E-state index contributed by atoms with van der Waals surface area (Å²) in [6.45, 7) is 0.743. The summed E-state index contributed by atoms with van der Waals surface area (Å²) in [7, 11) is 1.61. The molecule has 5 heteroatoms. The van der Waals surface area contributed by atoms with Crippen LogP contribution in [0.5, 0.6) is 0 Å². The van der Waals surface area contributed by atoms with Gasteiger partial charge in [-0.25, -0.2) is 0 Å². The zero-order valence-corrected chi connectivity index (χ0v) is 12.8. The van der Waals surface area contributed by atoms with Crippen LogP contribution >= 0.6 is 0 Å². The van der Waals surface area contributed by atoms with Gasteiger partial charge in [-0.2, -0.15) is 0 Å². The van der Waals surface area contributed by atoms with Crippen molar-refractivity contribution < 1.29 is 19.4 Å². The Hall–Kier alpha value is -1.07. The Morgan fingerprint density at radius 1 is 1.43 bits per heavy atom. The van der Waals surface area contributed by atoms with Gasteiger partial charge in [0.25, 0.3) is 5.91 Å². The fourth-order valence-electron chi connectivity index (χ4n) is 3.21. The van der Waals surface area contributed by atoms with E-state index < -0.39 is 0 Å². The number of unbranched alkanes of at least 4 members (excludes halogenated alkanes) is 1. The highest BCUT2D eigenvalue weighted by Gasteiger charge is 2.33. The van der Waals surface area contributed by atoms with E-state index in [-0.39, 0.29) is 18.8 Å². The first kappa shape index (κ1) is 16.3. The lowest BCUT2D eigenvalue weighted by Gasteiger charge is -2.31. The van der Waals surface area contributed by atoms with Gasteiger partial charge in [-0.05, 0) is 43.6 Å². The highest BCUT2D eigenvalue weighted by Crippen LogP contribution is 2.38. The van der Waals surface area contributed by atoms with E-state index in [4.69, 9.17) is 14.6 Å². The number of nitrogens with one attached hydrogen (secondary N) is 1. The summed E-state index contributed by atoms with van der Waals surface area (Å²) in [6.07, 6.45) is 9.05. The number of rotatable bonds is 7. The second-order valence-electron chi connectivity index (χ2n) is 5.90. The Balaban J connectivity index is 1.94. The summed E-state index contributed by atoms with van der Waals surface area (Å²) in [5.74, 6) is 1.24. The number of carbonyl (C=O) groups is 1. The summed E-state index contributed by atoms with van der Waals surface area (Å²) in [5.41, 5.74) is 0. The highest BCUT2D eigenvalue weighted by atomic mass is 16.7. The number of amides is 1. The van der Waals surface area contributed by atoms with Crippen LogP contribution < -0.4 is 5.32 Å². The minimum absolute atomic E-state index is 0.179. The molecule has 21 heavy (non-hydrogen) atoms. The molecular formula is C16H27NO4. The molecule has 2 atom stereocenters. The van der Waals surface area contributed by atoms with Crippen molar-refractivity contribution in [1.82, 2.24) is 5.32 Å². The Morgan fingerprint density at radius 3 is 2.86 bits per heavy atom. The van der Waals surface area contributed by atoms with E-state index in [0.717, 1.165) is 19.3 Å². The Kier molecular flexibility index (Phi) is 6.51. The predicted molar refractivity (Wildman–Crippen MR) is 79.4 cm³/mol. The van der Waals surface area contributed by atoms with Crippen LogP contribution in [0.1, 0.15) is 44.9 Å². The van der Waals surface area contributed by atoms with Crippen molar-refractivity contribution in [3.05, 3.63) is 11.8 Å². The van der Waals surface area contributed by atoms with Crippen LogP contribution in [-0.4, -0.2) is 37.6 Å². The van der Waals surface area contributed by atoms with Crippen LogP contribution in [0.4, 0.5) is 0 Å². The van der Waals surface area contributed by atoms with Crippen molar-refractivity contribution in [1.29, 1.82) is 0 Å². The fourth-order valence-corrected chi connectivity index (χ4v) is 3.21. The number of ether oxygens (including phenoxy) is 2. The molecule has 0 bridgehead atoms. The third kappa shape index (κ3) is 4.71. The summed E-state index contributed by atoms with van der Waals surface area (Å²) in [4.78, 5) is 11.9. The number of carbonyl (C=O) groups excluding carboxylic acids is 1. The van der Waals surface area contributed by atoms with Gasteiger partial charge in [0.05, 0.1) is 6.61 Å². The molecule has 0 aromatic rings. The van der Waals surface area contributed by atoms with E-state index in [1.165, 1.54) is 25.7 Å². The standard InChI is InChI=1S/C16H27NO4/c1-17-16(19)14-10-13(12-6-2-3-7-12)11-15(21-14)20-9-5-4-8-18/h10,12-13,15,18H,2-9,11H2,1H3,(H,17,19)/t13-,15+/m1/s1. The van der Waals surface area contributed by atoms with E-state index in [1.54, 1.807) is 7.05 Å². The molecule has 0 spiro atoms. The smallest absolute Gasteiger partial charge is 0.285 e. The molecule has 1 aliphatic heterocycles. The zero-order chi connectivity index (χ0) is 15.1. The van der Waals surface area contributed by atoms with Crippen molar-refractivity contribution in [2.45, 2.75) is 51.2 Å². The molecule has 2 aliphatic rings. The predicted octanol–water partition coefficient (Wildman–Crippen LogP) is 1.96. The zero-order valence-electron chi connectivity index (χ0n) is 12.8. The molecule has 2 N–H and O–H groups in total. The summed E-state index contributed by atoms with van der Waals surface area (Å²) in [5, 5.41) is 11.4. The molecule has 1 amide bonds. The molecule has 120 valence electrons. The molecule has 0 aromatic heterocycles. The Bertz CT molecular complexity index is 363. The summed E-state index contributed by atoms with van der Waals surface area (Å²) < 4.78 is 11.4. The van der Waals surface area contributed by atoms with Gasteiger partial charge in [0.15, 0.2) is 5.76 Å². The summed E-state index contributed by atoms with van der Waals surface area (Å²) in [6, 6.07) is 0. The average molecular weight is 297 g/mol. The minimum Gasteiger partial charge on any atom is -0.459 e. The van der Waals surface area contributed by atoms with Gasteiger partial charge in [0.1, 0.15) is 0 Å². The lowest BCUT2D eigenvalue weighted by atomic mass is 9.86. The van der Waals surface area contributed by atoms with Gasteiger partial charge >= 0.3 is 0 Å². The van der Waals surface area contributed by atoms with Gasteiger partial charge in [-0.15, -0.1) is 0 Å². The molecule has 0 aromatic carbocycles. The van der Waals surface area contributed by atoms with E-state index in [2.05, 4.69) is 5.32 Å². The first-order chi connectivity index (χ1) is 10.2. The van der Waals surface area contributed by atoms with E-state index in [1.807, 2.05) is 6.08 Å². The quantitative estimate of drug-likeness (QED) is 0.705. The van der Waals surface area contributed by atoms with Crippen LogP contribution in [-0.2, 0) is 14.3 Å². The molecule has 2 rings (SSSR count). The van der Waals surface area contributed by atoms with Gasteiger partial charge in [0.2, 0.25) is 6.29 Å². The molecule has 5 nitrogen and oxygen atoms in total. The highest BCUT2D eigenvalue weighted by molar-refractivity contribution is 5.91. The number of likely N-dealkylation sites (N-methyl/N-ethyl adjacent to an activating group) is 1. The SMILES string of the molecule is CNC(=O)C1=C[C@@H](C2CCCC2)C[C@@H](OCCCCO)O1. The largest absolute Gasteiger partial charge is 0.459 e. The maximum atomic E-state index is 11.9. The summed E-state index contributed by atoms with van der Waals surface area (Å²) >= 11 is 0. The third-order valence-corrected chi connectivity index (χ3v) is 4.40. The number of allylic oxidation sites excluding steroid dienone is 1. The molecule has 0 radical (unpaired) electrons. The van der Waals surface area contributed by atoms with E-state index >= 15 is 0 Å². The van der Waals surface area contributed by atoms with Gasteiger partial charge in [-0.3, -0.25) is 4.79 Å². The maximum Gasteiger partial charge on any atom is 0.285 e. The molecule has 0 saturated heterocycles. The molecule has 0 unspecified atom stereocenters. The van der Waals surface area contributed by atoms with Crippen LogP contribution in [0.3, 0.4) is 0 Å². The monoisotopic (exact) mass is 297 g/mol. The lowest BCUT2D eigenvalue weighted by Crippen LogP contribution is -2.33. The van der Waals surface area contributed by atoms with Crippen LogP contribution in [0.15, 0.2) is 11.8 Å². The minimum atomic E-state index is -0.341. The number of aliphatic hydroxyl groups excluding tert-OH is 1. The van der Waals surface area contributed by atoms with Gasteiger partial charge < -0.3 is 19.9 Å². The van der Waals surface area contributed by atoms with Gasteiger partial charge in [0, 0.05) is 20.1 Å². The Labute approximate surface area is 126 Å². The van der Waals surface area contributed by atoms with Gasteiger partial charge in [-0.1, -0.05) is 12.8 Å². The molecule has 1 heterocycles. The van der Waals surface area contributed by atoms with Crippen molar-refractivity contribution in [3.63, 3.8) is 0 Å². The molecular weight excluding hydrogens is 270 g/mol. The topological polar surface area (TPSA) is 67.8 Å². The first-order valence-corrected chi connectivity index (χ1v) is 8.07. The van der Waals surface area contributed by atoms with Crippen LogP contribution in [0, 0.1) is 11.8 Å². The maximum absolute atomic E-state index is 11.9. The number of hydrogen-bond donors (Lipinski definition) is 2. The van der Waals surface area contributed by atoms with Crippen molar-refractivity contribution >= 4 is 5.91 Å². The fraction of sp³-hybridized carbons (Fsp3) is 0.812. The third-order valence-electron chi connectivity index (χ3n) is 4.40. The normalized spacial score (nSPS) is 26.3. The van der Waals surface area contributed by atoms with E-state index in [0.29, 0.717) is 24.2 Å². The van der Waals surface area contributed by atoms with Crippen LogP contribution in [0.25, 0.3) is 0 Å². The van der Waals surface area contributed by atoms with Crippen LogP contribution in [0.2, 0.25) is 0 Å². The number of hydrogen-bond acceptors (Lipinski definition) is 4. The Morgan fingerprint density at radius 2 is 2.19 bits per heavy atom. The second kappa shape index (κ2) is 8.39. The molecule has 1 fully saturated rings. The van der Waals surface area contributed by atoms with Crippen molar-refractivity contribution in [3.8, 4) is 0 Å². The first-order valence-electron chi connectivity index (χ1n) is 8.07.